The Morgan fingerprint density at radius 1 is 0.935 bits per heavy atom. The Morgan fingerprint density at radius 3 is 2.39 bits per heavy atom. The molecule has 0 aliphatic rings. The second kappa shape index (κ2) is 13.6. The number of amides is 2. The molecule has 0 spiro atoms. The zero-order valence-electron chi connectivity index (χ0n) is 17.8. The zero-order valence-corrected chi connectivity index (χ0v) is 17.8. The molecule has 2 aromatic carbocycles. The maximum atomic E-state index is 12.0. The van der Waals surface area contributed by atoms with Gasteiger partial charge in [0.05, 0.1) is 13.2 Å². The Labute approximate surface area is 183 Å². The highest BCUT2D eigenvalue weighted by Gasteiger charge is 2.08. The summed E-state index contributed by atoms with van der Waals surface area (Å²) in [5.41, 5.74) is 2.45. The minimum atomic E-state index is -0.475. The van der Waals surface area contributed by atoms with Gasteiger partial charge in [-0.2, -0.15) is 0 Å². The van der Waals surface area contributed by atoms with Gasteiger partial charge in [-0.3, -0.25) is 14.4 Å². The van der Waals surface area contributed by atoms with Crippen molar-refractivity contribution in [2.75, 3.05) is 19.7 Å². The normalized spacial score (nSPS) is 9.84. The predicted molar refractivity (Wildman–Crippen MR) is 119 cm³/mol. The van der Waals surface area contributed by atoms with E-state index in [0.29, 0.717) is 12.0 Å². The number of unbranched alkanes of at least 4 members (excludes halogenated alkanes) is 1. The van der Waals surface area contributed by atoms with Crippen LogP contribution in [0.3, 0.4) is 0 Å². The molecule has 0 bridgehead atoms. The number of esters is 1. The highest BCUT2D eigenvalue weighted by molar-refractivity contribution is 5.96. The van der Waals surface area contributed by atoms with E-state index in [2.05, 4.69) is 34.6 Å². The minimum Gasteiger partial charge on any atom is -0.465 e. The van der Waals surface area contributed by atoms with Gasteiger partial charge in [0.25, 0.3) is 5.91 Å². The van der Waals surface area contributed by atoms with Gasteiger partial charge in [-0.1, -0.05) is 42.2 Å². The van der Waals surface area contributed by atoms with Crippen LogP contribution in [0.5, 0.6) is 0 Å². The van der Waals surface area contributed by atoms with E-state index in [4.69, 9.17) is 4.74 Å². The molecule has 6 nitrogen and oxygen atoms in total. The molecule has 0 aliphatic carbocycles. The molecule has 0 saturated carbocycles. The van der Waals surface area contributed by atoms with E-state index < -0.39 is 5.97 Å². The molecular formula is C25H28N2O4. The van der Waals surface area contributed by atoms with E-state index in [1.54, 1.807) is 31.2 Å². The smallest absolute Gasteiger partial charge is 0.325 e. The molecule has 0 saturated heterocycles. The third-order valence-corrected chi connectivity index (χ3v) is 4.41. The first kappa shape index (κ1) is 23.7. The summed E-state index contributed by atoms with van der Waals surface area (Å²) in [6.07, 6.45) is 3.28. The first-order chi connectivity index (χ1) is 15.1. The molecule has 0 heterocycles. The van der Waals surface area contributed by atoms with Crippen molar-refractivity contribution in [3.8, 4) is 11.8 Å². The van der Waals surface area contributed by atoms with Gasteiger partial charge in [0.15, 0.2) is 0 Å². The summed E-state index contributed by atoms with van der Waals surface area (Å²) in [4.78, 5) is 35.1. The summed E-state index contributed by atoms with van der Waals surface area (Å²) in [7, 11) is 0. The lowest BCUT2D eigenvalue weighted by Gasteiger charge is -2.05. The van der Waals surface area contributed by atoms with Crippen molar-refractivity contribution in [1.29, 1.82) is 0 Å². The quantitative estimate of drug-likeness (QED) is 0.352. The molecule has 0 fully saturated rings. The lowest BCUT2D eigenvalue weighted by Crippen LogP contribution is -2.30. The monoisotopic (exact) mass is 420 g/mol. The van der Waals surface area contributed by atoms with Crippen molar-refractivity contribution in [2.24, 2.45) is 0 Å². The second-order valence-electron chi connectivity index (χ2n) is 6.84. The number of rotatable bonds is 10. The topological polar surface area (TPSA) is 84.5 Å². The van der Waals surface area contributed by atoms with E-state index >= 15 is 0 Å². The molecule has 0 radical (unpaired) electrons. The summed E-state index contributed by atoms with van der Waals surface area (Å²) in [5.74, 6) is 5.03. The first-order valence-corrected chi connectivity index (χ1v) is 10.4. The van der Waals surface area contributed by atoms with E-state index in [0.717, 1.165) is 24.8 Å². The summed E-state index contributed by atoms with van der Waals surface area (Å²) < 4.78 is 4.76. The number of ether oxygens (including phenoxy) is 1. The Kier molecular flexibility index (Phi) is 10.4. The Bertz CT molecular complexity index is 912. The van der Waals surface area contributed by atoms with Crippen LogP contribution < -0.4 is 10.6 Å². The van der Waals surface area contributed by atoms with Crippen LogP contribution in [-0.4, -0.2) is 37.5 Å². The molecule has 0 aromatic heterocycles. The highest BCUT2D eigenvalue weighted by Crippen LogP contribution is 2.06. The van der Waals surface area contributed by atoms with Crippen molar-refractivity contribution in [2.45, 2.75) is 32.6 Å². The number of benzene rings is 2. The molecule has 0 atom stereocenters. The van der Waals surface area contributed by atoms with Gasteiger partial charge >= 0.3 is 5.97 Å². The van der Waals surface area contributed by atoms with Gasteiger partial charge in [-0.25, -0.2) is 0 Å². The van der Waals surface area contributed by atoms with Crippen molar-refractivity contribution in [3.63, 3.8) is 0 Å². The van der Waals surface area contributed by atoms with Crippen molar-refractivity contribution >= 4 is 17.8 Å². The zero-order chi connectivity index (χ0) is 22.3. The Balaban J connectivity index is 1.65. The van der Waals surface area contributed by atoms with Gasteiger partial charge in [0, 0.05) is 17.5 Å². The van der Waals surface area contributed by atoms with E-state index in [1.807, 2.05) is 18.2 Å². The van der Waals surface area contributed by atoms with Crippen LogP contribution >= 0.6 is 0 Å². The molecule has 2 amide bonds. The average molecular weight is 421 g/mol. The van der Waals surface area contributed by atoms with Crippen molar-refractivity contribution in [1.82, 2.24) is 10.6 Å². The first-order valence-electron chi connectivity index (χ1n) is 10.4. The van der Waals surface area contributed by atoms with Gasteiger partial charge in [-0.15, -0.1) is 0 Å². The van der Waals surface area contributed by atoms with Crippen molar-refractivity contribution in [3.05, 3.63) is 71.3 Å². The van der Waals surface area contributed by atoms with Gasteiger partial charge in [-0.05, 0) is 56.0 Å². The number of carbonyl (C=O) groups excluding carboxylic acids is 3. The number of carbonyl (C=O) groups is 3. The predicted octanol–water partition coefficient (Wildman–Crippen LogP) is 2.86. The molecule has 0 aliphatic heterocycles. The SMILES string of the molecule is CCOC(=O)CNC(=O)c1ccc(C#CCNC(=O)CCCCc2ccccc2)cc1. The number of hydrogen-bond acceptors (Lipinski definition) is 4. The van der Waals surface area contributed by atoms with Crippen molar-refractivity contribution < 1.29 is 19.1 Å². The fraction of sp³-hybridized carbons (Fsp3) is 0.320. The fourth-order valence-electron chi connectivity index (χ4n) is 2.81. The maximum absolute atomic E-state index is 12.0. The highest BCUT2D eigenvalue weighted by atomic mass is 16.5. The number of nitrogens with one attached hydrogen (secondary N) is 2. The third kappa shape index (κ3) is 9.64. The minimum absolute atomic E-state index is 0.00372. The second-order valence-corrected chi connectivity index (χ2v) is 6.84. The standard InChI is InChI=1S/C25H28N2O4/c1-2-31-24(29)19-27-25(30)22-16-14-21(15-17-22)12-8-18-26-23(28)13-7-6-11-20-9-4-3-5-10-20/h3-5,9-10,14-17H,2,6-7,11,13,18-19H2,1H3,(H,26,28)(H,27,30). The average Bonchev–Trinajstić information content (AvgIpc) is 2.79. The van der Waals surface area contributed by atoms with Crippen LogP contribution in [0.25, 0.3) is 0 Å². The summed E-state index contributed by atoms with van der Waals surface area (Å²) >= 11 is 0. The van der Waals surface area contributed by atoms with E-state index in [1.165, 1.54) is 5.56 Å². The number of hydrogen-bond donors (Lipinski definition) is 2. The fourth-order valence-corrected chi connectivity index (χ4v) is 2.81. The van der Waals surface area contributed by atoms with Gasteiger partial charge < -0.3 is 15.4 Å². The lowest BCUT2D eigenvalue weighted by molar-refractivity contribution is -0.141. The summed E-state index contributed by atoms with van der Waals surface area (Å²) in [6.45, 7) is 2.09. The molecule has 2 aromatic rings. The molecule has 6 heteroatoms. The summed E-state index contributed by atoms with van der Waals surface area (Å²) in [6, 6.07) is 16.9. The van der Waals surface area contributed by atoms with Gasteiger partial charge in [0.1, 0.15) is 6.54 Å². The van der Waals surface area contributed by atoms with Crippen LogP contribution in [0.15, 0.2) is 54.6 Å². The van der Waals surface area contributed by atoms with E-state index in [-0.39, 0.29) is 31.5 Å². The molecule has 162 valence electrons. The Hall–Kier alpha value is -3.59. The molecule has 0 unspecified atom stereocenters. The third-order valence-electron chi connectivity index (χ3n) is 4.41. The van der Waals surface area contributed by atoms with Crippen LogP contribution in [-0.2, 0) is 20.7 Å². The van der Waals surface area contributed by atoms with Crippen LogP contribution in [0, 0.1) is 11.8 Å². The van der Waals surface area contributed by atoms with Crippen LogP contribution in [0.4, 0.5) is 0 Å². The van der Waals surface area contributed by atoms with Crippen LogP contribution in [0.1, 0.15) is 47.7 Å². The maximum Gasteiger partial charge on any atom is 0.325 e. The van der Waals surface area contributed by atoms with E-state index in [9.17, 15) is 14.4 Å². The lowest BCUT2D eigenvalue weighted by atomic mass is 10.1. The molecule has 2 rings (SSSR count). The van der Waals surface area contributed by atoms with Gasteiger partial charge in [0.2, 0.25) is 5.91 Å². The molecule has 2 N–H and O–H groups in total. The van der Waals surface area contributed by atoms with Crippen LogP contribution in [0.2, 0.25) is 0 Å². The largest absolute Gasteiger partial charge is 0.465 e. The Morgan fingerprint density at radius 2 is 1.68 bits per heavy atom. The molecule has 31 heavy (non-hydrogen) atoms. The number of aryl methyl sites for hydroxylation is 1. The summed E-state index contributed by atoms with van der Waals surface area (Å²) in [5, 5.41) is 5.30. The molecular weight excluding hydrogens is 392 g/mol.